The van der Waals surface area contributed by atoms with Gasteiger partial charge < -0.3 is 4.74 Å². The first-order valence-corrected chi connectivity index (χ1v) is 8.75. The molecule has 0 aromatic heterocycles. The van der Waals surface area contributed by atoms with E-state index in [-0.39, 0.29) is 11.0 Å². The third-order valence-corrected chi connectivity index (χ3v) is 6.05. The summed E-state index contributed by atoms with van der Waals surface area (Å²) in [6.45, 7) is 2.31. The SMILES string of the molecule is CC1CCCC(C#N)(CC2CCC3(CCCCC3)O2)C1. The predicted molar refractivity (Wildman–Crippen MR) is 80.2 cm³/mol. The molecule has 0 N–H and O–H groups in total. The second-order valence-corrected chi connectivity index (χ2v) is 7.82. The van der Waals surface area contributed by atoms with Gasteiger partial charge >= 0.3 is 0 Å². The molecule has 2 nitrogen and oxygen atoms in total. The highest BCUT2D eigenvalue weighted by Crippen LogP contribution is 2.48. The van der Waals surface area contributed by atoms with Crippen LogP contribution >= 0.6 is 0 Å². The van der Waals surface area contributed by atoms with Gasteiger partial charge in [-0.05, 0) is 50.9 Å². The van der Waals surface area contributed by atoms with Crippen molar-refractivity contribution in [2.24, 2.45) is 11.3 Å². The fourth-order valence-corrected chi connectivity index (χ4v) is 5.03. The minimum Gasteiger partial charge on any atom is -0.372 e. The molecule has 2 aliphatic carbocycles. The van der Waals surface area contributed by atoms with E-state index in [1.807, 2.05) is 0 Å². The second kappa shape index (κ2) is 5.68. The molecule has 112 valence electrons. The molecule has 3 aliphatic rings. The molecule has 3 rings (SSSR count). The summed E-state index contributed by atoms with van der Waals surface area (Å²) in [5, 5.41) is 9.72. The normalized spacial score (nSPS) is 40.6. The van der Waals surface area contributed by atoms with Crippen LogP contribution in [0.15, 0.2) is 0 Å². The van der Waals surface area contributed by atoms with Crippen molar-refractivity contribution < 1.29 is 4.74 Å². The van der Waals surface area contributed by atoms with E-state index in [1.165, 1.54) is 57.8 Å². The Morgan fingerprint density at radius 2 is 1.85 bits per heavy atom. The van der Waals surface area contributed by atoms with E-state index in [0.717, 1.165) is 19.3 Å². The summed E-state index contributed by atoms with van der Waals surface area (Å²) in [5.74, 6) is 0.716. The molecule has 1 saturated heterocycles. The number of nitriles is 1. The quantitative estimate of drug-likeness (QED) is 0.712. The van der Waals surface area contributed by atoms with Crippen molar-refractivity contribution in [3.63, 3.8) is 0 Å². The molecular weight excluding hydrogens is 246 g/mol. The molecule has 1 aliphatic heterocycles. The fraction of sp³-hybridized carbons (Fsp3) is 0.944. The molecule has 0 aromatic carbocycles. The van der Waals surface area contributed by atoms with Crippen molar-refractivity contribution >= 4 is 0 Å². The minimum atomic E-state index is -0.0808. The maximum absolute atomic E-state index is 9.72. The monoisotopic (exact) mass is 275 g/mol. The van der Waals surface area contributed by atoms with Crippen LogP contribution in [0, 0.1) is 22.7 Å². The predicted octanol–water partition coefficient (Wildman–Crippen LogP) is 4.98. The Labute approximate surface area is 123 Å². The van der Waals surface area contributed by atoms with Crippen LogP contribution in [-0.4, -0.2) is 11.7 Å². The van der Waals surface area contributed by atoms with E-state index >= 15 is 0 Å². The van der Waals surface area contributed by atoms with E-state index in [1.54, 1.807) is 0 Å². The number of nitrogens with zero attached hydrogens (tertiary/aromatic N) is 1. The number of ether oxygens (including phenoxy) is 1. The van der Waals surface area contributed by atoms with Gasteiger partial charge in [0.1, 0.15) is 0 Å². The van der Waals surface area contributed by atoms with E-state index in [9.17, 15) is 5.26 Å². The summed E-state index contributed by atoms with van der Waals surface area (Å²) in [5.41, 5.74) is 0.127. The van der Waals surface area contributed by atoms with Crippen LogP contribution in [0.4, 0.5) is 0 Å². The second-order valence-electron chi connectivity index (χ2n) is 7.82. The molecule has 3 fully saturated rings. The Hall–Kier alpha value is -0.550. The third-order valence-electron chi connectivity index (χ3n) is 6.05. The van der Waals surface area contributed by atoms with Crippen molar-refractivity contribution in [2.75, 3.05) is 0 Å². The molecule has 20 heavy (non-hydrogen) atoms. The van der Waals surface area contributed by atoms with Crippen molar-refractivity contribution in [1.29, 1.82) is 5.26 Å². The molecular formula is C18H29NO. The van der Waals surface area contributed by atoms with Gasteiger partial charge in [-0.25, -0.2) is 0 Å². The van der Waals surface area contributed by atoms with Gasteiger partial charge in [-0.2, -0.15) is 5.26 Å². The van der Waals surface area contributed by atoms with Gasteiger partial charge in [-0.3, -0.25) is 0 Å². The first-order chi connectivity index (χ1) is 9.65. The zero-order valence-corrected chi connectivity index (χ0v) is 13.0. The number of hydrogen-bond acceptors (Lipinski definition) is 2. The van der Waals surface area contributed by atoms with Crippen LogP contribution in [0.5, 0.6) is 0 Å². The van der Waals surface area contributed by atoms with E-state index in [2.05, 4.69) is 13.0 Å². The maximum atomic E-state index is 9.72. The molecule has 1 spiro atoms. The Morgan fingerprint density at radius 3 is 2.55 bits per heavy atom. The number of rotatable bonds is 2. The zero-order valence-electron chi connectivity index (χ0n) is 13.0. The molecule has 1 heterocycles. The molecule has 0 radical (unpaired) electrons. The van der Waals surface area contributed by atoms with Gasteiger partial charge in [0.25, 0.3) is 0 Å². The van der Waals surface area contributed by atoms with Crippen LogP contribution < -0.4 is 0 Å². The molecule has 3 atom stereocenters. The summed E-state index contributed by atoms with van der Waals surface area (Å²) in [4.78, 5) is 0. The lowest BCUT2D eigenvalue weighted by atomic mass is 9.68. The van der Waals surface area contributed by atoms with Crippen molar-refractivity contribution in [3.8, 4) is 6.07 Å². The van der Waals surface area contributed by atoms with Gasteiger partial charge in [-0.1, -0.05) is 39.0 Å². The van der Waals surface area contributed by atoms with Crippen LogP contribution in [0.2, 0.25) is 0 Å². The highest BCUT2D eigenvalue weighted by molar-refractivity contribution is 5.04. The summed E-state index contributed by atoms with van der Waals surface area (Å²) in [7, 11) is 0. The van der Waals surface area contributed by atoms with Gasteiger partial charge in [0.15, 0.2) is 0 Å². The highest BCUT2D eigenvalue weighted by atomic mass is 16.5. The zero-order chi connectivity index (χ0) is 14.1. The lowest BCUT2D eigenvalue weighted by Crippen LogP contribution is -2.34. The van der Waals surface area contributed by atoms with E-state index in [4.69, 9.17) is 4.74 Å². The topological polar surface area (TPSA) is 33.0 Å². The first kappa shape index (κ1) is 14.4. The Bertz CT molecular complexity index is 379. The molecule has 0 bridgehead atoms. The lowest BCUT2D eigenvalue weighted by molar-refractivity contribution is -0.0763. The van der Waals surface area contributed by atoms with Crippen molar-refractivity contribution in [3.05, 3.63) is 0 Å². The molecule has 0 amide bonds. The average Bonchev–Trinajstić information content (AvgIpc) is 2.82. The standard InChI is InChI=1S/C18H29NO/c1-15-6-5-8-17(12-15,14-19)13-16-7-11-18(20-16)9-3-2-4-10-18/h15-16H,2-13H2,1H3. The summed E-state index contributed by atoms with van der Waals surface area (Å²) < 4.78 is 6.50. The highest BCUT2D eigenvalue weighted by Gasteiger charge is 2.45. The van der Waals surface area contributed by atoms with E-state index < -0.39 is 0 Å². The first-order valence-electron chi connectivity index (χ1n) is 8.75. The Balaban J connectivity index is 1.61. The average molecular weight is 275 g/mol. The fourth-order valence-electron chi connectivity index (χ4n) is 5.03. The summed E-state index contributed by atoms with van der Waals surface area (Å²) in [6.07, 6.45) is 15.1. The van der Waals surface area contributed by atoms with Gasteiger partial charge in [0, 0.05) is 0 Å². The third kappa shape index (κ3) is 2.89. The van der Waals surface area contributed by atoms with Crippen LogP contribution in [0.3, 0.4) is 0 Å². The molecule has 2 heteroatoms. The largest absolute Gasteiger partial charge is 0.372 e. The van der Waals surface area contributed by atoms with Crippen molar-refractivity contribution in [1.82, 2.24) is 0 Å². The van der Waals surface area contributed by atoms with Gasteiger partial charge in [-0.15, -0.1) is 0 Å². The smallest absolute Gasteiger partial charge is 0.0690 e. The molecule has 3 unspecified atom stereocenters. The summed E-state index contributed by atoms with van der Waals surface area (Å²) in [6, 6.07) is 2.69. The van der Waals surface area contributed by atoms with Crippen molar-refractivity contribution in [2.45, 2.75) is 95.7 Å². The molecule has 0 aromatic rings. The van der Waals surface area contributed by atoms with Gasteiger partial charge in [0.05, 0.1) is 23.2 Å². The Morgan fingerprint density at radius 1 is 1.05 bits per heavy atom. The molecule has 2 saturated carbocycles. The maximum Gasteiger partial charge on any atom is 0.0690 e. The summed E-state index contributed by atoms with van der Waals surface area (Å²) >= 11 is 0. The van der Waals surface area contributed by atoms with Crippen LogP contribution in [0.25, 0.3) is 0 Å². The van der Waals surface area contributed by atoms with E-state index in [0.29, 0.717) is 12.0 Å². The number of hydrogen-bond donors (Lipinski definition) is 0. The Kier molecular flexibility index (Phi) is 4.09. The lowest BCUT2D eigenvalue weighted by Gasteiger charge is -2.37. The minimum absolute atomic E-state index is 0.0808. The van der Waals surface area contributed by atoms with Gasteiger partial charge in [0.2, 0.25) is 0 Å². The van der Waals surface area contributed by atoms with Crippen LogP contribution in [-0.2, 0) is 4.74 Å². The van der Waals surface area contributed by atoms with Crippen LogP contribution in [0.1, 0.15) is 84.0 Å².